The van der Waals surface area contributed by atoms with Gasteiger partial charge in [0.15, 0.2) is 11.8 Å². The predicted molar refractivity (Wildman–Crippen MR) is 173 cm³/mol. The molecule has 9 nitrogen and oxygen atoms in total. The molecule has 11 heteroatoms. The Labute approximate surface area is 258 Å². The lowest BCUT2D eigenvalue weighted by molar-refractivity contribution is -0.122. The average molecular weight is 614 g/mol. The van der Waals surface area contributed by atoms with E-state index in [0.717, 1.165) is 11.3 Å². The zero-order valence-electron chi connectivity index (χ0n) is 23.4. The summed E-state index contributed by atoms with van der Waals surface area (Å²) in [5.41, 5.74) is 3.20. The van der Waals surface area contributed by atoms with Crippen LogP contribution < -0.4 is 15.0 Å². The highest BCUT2D eigenvalue weighted by molar-refractivity contribution is 8.18. The molecular weight excluding hydrogens is 586 g/mol. The Morgan fingerprint density at radius 2 is 1.81 bits per heavy atom. The molecule has 1 saturated heterocycles. The molecule has 4 aromatic rings. The zero-order valence-corrected chi connectivity index (χ0v) is 25.0. The smallest absolute Gasteiger partial charge is 0.267 e. The molecule has 0 radical (unpaired) electrons. The van der Waals surface area contributed by atoms with Crippen LogP contribution in [0.3, 0.4) is 0 Å². The van der Waals surface area contributed by atoms with E-state index in [0.29, 0.717) is 37.9 Å². The predicted octanol–water partition coefficient (Wildman–Crippen LogP) is 6.52. The van der Waals surface area contributed by atoms with Crippen LogP contribution in [0.5, 0.6) is 5.75 Å². The van der Waals surface area contributed by atoms with Crippen LogP contribution in [0, 0.1) is 0 Å². The summed E-state index contributed by atoms with van der Waals surface area (Å²) < 4.78 is 11.3. The van der Waals surface area contributed by atoms with E-state index in [1.54, 1.807) is 67.1 Å². The van der Waals surface area contributed by atoms with Crippen molar-refractivity contribution in [2.24, 2.45) is 10.2 Å². The van der Waals surface area contributed by atoms with Crippen molar-refractivity contribution in [2.45, 2.75) is 6.54 Å². The van der Waals surface area contributed by atoms with E-state index in [9.17, 15) is 9.59 Å². The van der Waals surface area contributed by atoms with Crippen molar-refractivity contribution in [3.05, 3.63) is 118 Å². The summed E-state index contributed by atoms with van der Waals surface area (Å²) in [5, 5.41) is 12.4. The molecular formula is C32H28ClN5O4S. The molecule has 1 N–H and O–H groups in total. The summed E-state index contributed by atoms with van der Waals surface area (Å²) in [6.07, 6.45) is 4.92. The Balaban J connectivity index is 1.33. The maximum atomic E-state index is 13.5. The number of nitrogens with one attached hydrogen (secondary N) is 1. The minimum atomic E-state index is -0.329. The lowest BCUT2D eigenvalue weighted by Crippen LogP contribution is -2.28. The standard InChI is InChI=1S/C32H28ClN5O4S/c1-37(2)26-15-9-22(10-16-26)19-34-36-32-38(20-27-7-5-17-41-27)31(40)29(43-32)18-23-6-3-4-8-28(23)42-21-30(39)35-25-13-11-24(33)12-14-25/h3-19H,20-21H2,1-2H3,(H,35,39)/b29-18-,34-19+,36-32-. The number of hydrogen-bond donors (Lipinski definition) is 1. The third-order valence-electron chi connectivity index (χ3n) is 6.23. The largest absolute Gasteiger partial charge is 0.483 e. The molecule has 1 fully saturated rings. The van der Waals surface area contributed by atoms with E-state index in [4.69, 9.17) is 20.8 Å². The maximum Gasteiger partial charge on any atom is 0.267 e. The van der Waals surface area contributed by atoms with Crippen molar-refractivity contribution in [1.82, 2.24) is 4.90 Å². The van der Waals surface area contributed by atoms with Crippen LogP contribution in [0.25, 0.3) is 6.08 Å². The normalized spacial score (nSPS) is 15.0. The fourth-order valence-electron chi connectivity index (χ4n) is 4.03. The number of anilines is 2. The van der Waals surface area contributed by atoms with E-state index >= 15 is 0 Å². The van der Waals surface area contributed by atoms with Gasteiger partial charge >= 0.3 is 0 Å². The van der Waals surface area contributed by atoms with Crippen molar-refractivity contribution >= 4 is 64.0 Å². The first-order valence-electron chi connectivity index (χ1n) is 13.2. The van der Waals surface area contributed by atoms with Crippen LogP contribution in [-0.4, -0.2) is 48.8 Å². The number of halogens is 1. The van der Waals surface area contributed by atoms with Crippen LogP contribution in [0.2, 0.25) is 5.02 Å². The molecule has 3 aromatic carbocycles. The first-order valence-corrected chi connectivity index (χ1v) is 14.4. The summed E-state index contributed by atoms with van der Waals surface area (Å²) >= 11 is 7.11. The van der Waals surface area contributed by atoms with E-state index in [-0.39, 0.29) is 25.0 Å². The number of ether oxygens (including phenoxy) is 1. The van der Waals surface area contributed by atoms with Gasteiger partial charge in [-0.25, -0.2) is 0 Å². The molecule has 1 aliphatic heterocycles. The molecule has 5 rings (SSSR count). The number of amides is 2. The van der Waals surface area contributed by atoms with Crippen LogP contribution in [0.15, 0.2) is 111 Å². The Kier molecular flexibility index (Phi) is 9.60. The summed E-state index contributed by atoms with van der Waals surface area (Å²) in [6.45, 7) is -0.0173. The van der Waals surface area contributed by atoms with Crippen LogP contribution in [0.1, 0.15) is 16.9 Å². The number of carbonyl (C=O) groups is 2. The molecule has 0 bridgehead atoms. The highest BCUT2D eigenvalue weighted by Gasteiger charge is 2.34. The summed E-state index contributed by atoms with van der Waals surface area (Å²) in [4.78, 5) is 30.0. The number of para-hydroxylation sites is 1. The van der Waals surface area contributed by atoms with Gasteiger partial charge in [-0.05, 0) is 78.0 Å². The molecule has 0 saturated carbocycles. The highest BCUT2D eigenvalue weighted by atomic mass is 35.5. The summed E-state index contributed by atoms with van der Waals surface area (Å²) in [6, 6.07) is 25.4. The van der Waals surface area contributed by atoms with E-state index < -0.39 is 0 Å². The Hall–Kier alpha value is -4.80. The number of carbonyl (C=O) groups excluding carboxylic acids is 2. The molecule has 0 spiro atoms. The zero-order chi connectivity index (χ0) is 30.2. The third kappa shape index (κ3) is 7.94. The molecule has 2 heterocycles. The van der Waals surface area contributed by atoms with Gasteiger partial charge in [0.1, 0.15) is 11.5 Å². The van der Waals surface area contributed by atoms with Crippen LogP contribution in [-0.2, 0) is 16.1 Å². The minimum absolute atomic E-state index is 0.199. The monoisotopic (exact) mass is 613 g/mol. The first kappa shape index (κ1) is 29.7. The fraction of sp³-hybridized carbons (Fsp3) is 0.125. The lowest BCUT2D eigenvalue weighted by Gasteiger charge is -2.13. The number of hydrogen-bond acceptors (Lipinski definition) is 8. The van der Waals surface area contributed by atoms with E-state index in [1.165, 1.54) is 16.7 Å². The van der Waals surface area contributed by atoms with Gasteiger partial charge in [0.25, 0.3) is 11.8 Å². The Morgan fingerprint density at radius 1 is 1.05 bits per heavy atom. The quantitative estimate of drug-likeness (QED) is 0.124. The third-order valence-corrected chi connectivity index (χ3v) is 7.48. The fourth-order valence-corrected chi connectivity index (χ4v) is 5.08. The number of rotatable bonds is 10. The van der Waals surface area contributed by atoms with Crippen molar-refractivity contribution in [3.8, 4) is 5.75 Å². The van der Waals surface area contributed by atoms with Crippen molar-refractivity contribution in [2.75, 3.05) is 30.9 Å². The SMILES string of the molecule is CN(C)c1ccc(/C=N/N=C2\S/C(=C\c3ccccc3OCC(=O)Nc3ccc(Cl)cc3)C(=O)N2Cc2ccco2)cc1. The number of benzene rings is 3. The Bertz CT molecular complexity index is 1670. The number of nitrogens with zero attached hydrogens (tertiary/aromatic N) is 4. The molecule has 43 heavy (non-hydrogen) atoms. The molecule has 218 valence electrons. The van der Waals surface area contributed by atoms with Gasteiger partial charge in [-0.3, -0.25) is 14.5 Å². The first-order chi connectivity index (χ1) is 20.9. The molecule has 0 unspecified atom stereocenters. The molecule has 0 aliphatic carbocycles. The van der Waals surface area contributed by atoms with Crippen LogP contribution >= 0.6 is 23.4 Å². The summed E-state index contributed by atoms with van der Waals surface area (Å²) in [7, 11) is 3.96. The molecule has 2 amide bonds. The summed E-state index contributed by atoms with van der Waals surface area (Å²) in [5.74, 6) is 0.490. The Morgan fingerprint density at radius 3 is 2.53 bits per heavy atom. The van der Waals surface area contributed by atoms with Gasteiger partial charge in [0.2, 0.25) is 0 Å². The van der Waals surface area contributed by atoms with E-state index in [1.807, 2.05) is 55.4 Å². The van der Waals surface area contributed by atoms with Gasteiger partial charge in [-0.1, -0.05) is 41.9 Å². The van der Waals surface area contributed by atoms with Crippen molar-refractivity contribution < 1.29 is 18.7 Å². The van der Waals surface area contributed by atoms with Gasteiger partial charge in [0.05, 0.1) is 23.9 Å². The second-order valence-electron chi connectivity index (χ2n) is 9.58. The molecule has 1 aliphatic rings. The molecule has 0 atom stereocenters. The second kappa shape index (κ2) is 13.9. The lowest BCUT2D eigenvalue weighted by atomic mass is 10.2. The maximum absolute atomic E-state index is 13.5. The van der Waals surface area contributed by atoms with Crippen LogP contribution in [0.4, 0.5) is 11.4 Å². The van der Waals surface area contributed by atoms with Gasteiger partial charge in [0, 0.05) is 36.1 Å². The van der Waals surface area contributed by atoms with Crippen molar-refractivity contribution in [1.29, 1.82) is 0 Å². The highest BCUT2D eigenvalue weighted by Crippen LogP contribution is 2.35. The van der Waals surface area contributed by atoms with Crippen molar-refractivity contribution in [3.63, 3.8) is 0 Å². The number of thioether (sulfide) groups is 1. The number of amidine groups is 1. The van der Waals surface area contributed by atoms with Gasteiger partial charge < -0.3 is 19.4 Å². The number of furan rings is 1. The minimum Gasteiger partial charge on any atom is -0.483 e. The average Bonchev–Trinajstić information content (AvgIpc) is 3.62. The van der Waals surface area contributed by atoms with Gasteiger partial charge in [-0.15, -0.1) is 5.10 Å². The van der Waals surface area contributed by atoms with E-state index in [2.05, 4.69) is 15.5 Å². The molecule has 1 aromatic heterocycles. The van der Waals surface area contributed by atoms with Gasteiger partial charge in [-0.2, -0.15) is 5.10 Å². The topological polar surface area (TPSA) is 99.7 Å². The second-order valence-corrected chi connectivity index (χ2v) is 11.0.